The molecule has 0 radical (unpaired) electrons. The molecule has 9 heteroatoms. The quantitative estimate of drug-likeness (QED) is 0.394. The zero-order valence-corrected chi connectivity index (χ0v) is 14.0. The Labute approximate surface area is 153 Å². The number of non-ortho nitro benzene ring substituents is 1. The number of aromatic nitrogens is 2. The van der Waals surface area contributed by atoms with E-state index in [1.807, 2.05) is 0 Å². The van der Waals surface area contributed by atoms with Gasteiger partial charge in [-0.15, -0.1) is 0 Å². The van der Waals surface area contributed by atoms with Crippen LogP contribution < -0.4 is 5.43 Å². The molecule has 1 aromatic heterocycles. The summed E-state index contributed by atoms with van der Waals surface area (Å²) in [6.07, 6.45) is 3.04. The minimum Gasteiger partial charge on any atom is -0.508 e. The van der Waals surface area contributed by atoms with E-state index in [4.69, 9.17) is 0 Å². The predicted octanol–water partition coefficient (Wildman–Crippen LogP) is 2.31. The number of hydrogen-bond donors (Lipinski definition) is 2. The van der Waals surface area contributed by atoms with Crippen molar-refractivity contribution in [2.75, 3.05) is 0 Å². The maximum absolute atomic E-state index is 12.1. The van der Waals surface area contributed by atoms with Crippen molar-refractivity contribution in [3.05, 3.63) is 87.7 Å². The maximum Gasteiger partial charge on any atom is 0.291 e. The molecule has 1 heterocycles. The van der Waals surface area contributed by atoms with Crippen molar-refractivity contribution >= 4 is 17.8 Å². The Morgan fingerprint density at radius 3 is 2.74 bits per heavy atom. The molecule has 1 amide bonds. The number of carbonyl (C=O) groups excluding carboxylic acids is 1. The molecule has 2 N–H and O–H groups in total. The van der Waals surface area contributed by atoms with Gasteiger partial charge in [0.15, 0.2) is 5.69 Å². The Morgan fingerprint density at radius 2 is 2.04 bits per heavy atom. The molecule has 2 aromatic carbocycles. The Morgan fingerprint density at radius 1 is 1.26 bits per heavy atom. The van der Waals surface area contributed by atoms with E-state index in [0.717, 1.165) is 5.56 Å². The van der Waals surface area contributed by atoms with Crippen LogP contribution >= 0.6 is 0 Å². The van der Waals surface area contributed by atoms with E-state index in [0.29, 0.717) is 12.1 Å². The van der Waals surface area contributed by atoms with Crippen LogP contribution in [-0.4, -0.2) is 31.9 Å². The smallest absolute Gasteiger partial charge is 0.291 e. The van der Waals surface area contributed by atoms with Gasteiger partial charge in [-0.1, -0.05) is 24.3 Å². The molecule has 0 aliphatic carbocycles. The first kappa shape index (κ1) is 17.8. The number of phenolic OH excluding ortho intramolecular Hbond substituents is 1. The highest BCUT2D eigenvalue weighted by Crippen LogP contribution is 2.13. The Kier molecular flexibility index (Phi) is 5.22. The molecule has 0 aliphatic rings. The highest BCUT2D eigenvalue weighted by atomic mass is 16.6. The van der Waals surface area contributed by atoms with Gasteiger partial charge in [0, 0.05) is 18.3 Å². The van der Waals surface area contributed by atoms with Crippen LogP contribution in [0.4, 0.5) is 5.69 Å². The van der Waals surface area contributed by atoms with Crippen LogP contribution in [0.15, 0.2) is 65.9 Å². The number of nitrogens with zero attached hydrogens (tertiary/aromatic N) is 4. The van der Waals surface area contributed by atoms with E-state index in [1.54, 1.807) is 41.2 Å². The lowest BCUT2D eigenvalue weighted by Crippen LogP contribution is -2.18. The minimum atomic E-state index is -0.478. The standard InChI is InChI=1S/C18H15N5O4/c24-16-3-1-2-14(10-16)11-19-20-18(25)17-8-9-22(21-17)12-13-4-6-15(7-5-13)23(26)27/h1-11,24H,12H2,(H,20,25)/b19-11-. The maximum atomic E-state index is 12.1. The van der Waals surface area contributed by atoms with Crippen molar-refractivity contribution < 1.29 is 14.8 Å². The second-order valence-corrected chi connectivity index (χ2v) is 5.62. The van der Waals surface area contributed by atoms with Crippen LogP contribution in [-0.2, 0) is 6.54 Å². The molecular weight excluding hydrogens is 350 g/mol. The van der Waals surface area contributed by atoms with Gasteiger partial charge in [-0.3, -0.25) is 19.6 Å². The Hall–Kier alpha value is -4.01. The summed E-state index contributed by atoms with van der Waals surface area (Å²) in [5.41, 5.74) is 4.02. The number of nitrogens with one attached hydrogen (secondary N) is 1. The van der Waals surface area contributed by atoms with Crippen LogP contribution in [0.5, 0.6) is 5.75 Å². The van der Waals surface area contributed by atoms with E-state index >= 15 is 0 Å². The van der Waals surface area contributed by atoms with Crippen LogP contribution in [0.25, 0.3) is 0 Å². The van der Waals surface area contributed by atoms with Crippen LogP contribution in [0.1, 0.15) is 21.6 Å². The molecule has 3 rings (SSSR count). The summed E-state index contributed by atoms with van der Waals surface area (Å²) in [6, 6.07) is 14.1. The normalized spacial score (nSPS) is 10.8. The number of aromatic hydroxyl groups is 1. The summed E-state index contributed by atoms with van der Waals surface area (Å²) >= 11 is 0. The first-order chi connectivity index (χ1) is 13.0. The summed E-state index contributed by atoms with van der Waals surface area (Å²) in [6.45, 7) is 0.373. The number of nitro benzene ring substituents is 1. The topological polar surface area (TPSA) is 123 Å². The van der Waals surface area contributed by atoms with E-state index < -0.39 is 10.8 Å². The third-order valence-corrected chi connectivity index (χ3v) is 3.61. The average molecular weight is 365 g/mol. The first-order valence-electron chi connectivity index (χ1n) is 7.90. The summed E-state index contributed by atoms with van der Waals surface area (Å²) < 4.78 is 1.55. The van der Waals surface area contributed by atoms with E-state index in [1.165, 1.54) is 30.5 Å². The Bertz CT molecular complexity index is 995. The fourth-order valence-corrected chi connectivity index (χ4v) is 2.31. The van der Waals surface area contributed by atoms with Gasteiger partial charge in [-0.25, -0.2) is 5.43 Å². The fraction of sp³-hybridized carbons (Fsp3) is 0.0556. The highest BCUT2D eigenvalue weighted by molar-refractivity contribution is 5.93. The number of hydrogen-bond acceptors (Lipinski definition) is 6. The van der Waals surface area contributed by atoms with Crippen molar-refractivity contribution in [3.63, 3.8) is 0 Å². The van der Waals surface area contributed by atoms with Crippen LogP contribution in [0.3, 0.4) is 0 Å². The highest BCUT2D eigenvalue weighted by Gasteiger charge is 2.09. The lowest BCUT2D eigenvalue weighted by atomic mass is 10.2. The third kappa shape index (κ3) is 4.75. The van der Waals surface area contributed by atoms with Crippen molar-refractivity contribution in [2.24, 2.45) is 5.10 Å². The molecule has 3 aromatic rings. The minimum absolute atomic E-state index is 0.0175. The van der Waals surface area contributed by atoms with Gasteiger partial charge < -0.3 is 5.11 Å². The summed E-state index contributed by atoms with van der Waals surface area (Å²) in [5, 5.41) is 28.0. The van der Waals surface area contributed by atoms with E-state index in [2.05, 4.69) is 15.6 Å². The lowest BCUT2D eigenvalue weighted by molar-refractivity contribution is -0.384. The molecule has 0 spiro atoms. The molecule has 0 aliphatic heterocycles. The predicted molar refractivity (Wildman–Crippen MR) is 97.6 cm³/mol. The number of benzene rings is 2. The number of amides is 1. The monoisotopic (exact) mass is 365 g/mol. The average Bonchev–Trinajstić information content (AvgIpc) is 3.11. The van der Waals surface area contributed by atoms with Gasteiger partial charge in [0.1, 0.15) is 5.75 Å². The summed E-state index contributed by atoms with van der Waals surface area (Å²) in [7, 11) is 0. The van der Waals surface area contributed by atoms with Crippen molar-refractivity contribution in [3.8, 4) is 5.75 Å². The van der Waals surface area contributed by atoms with Gasteiger partial charge >= 0.3 is 0 Å². The number of rotatable bonds is 6. The molecular formula is C18H15N5O4. The Balaban J connectivity index is 1.59. The number of hydrazone groups is 1. The zero-order valence-electron chi connectivity index (χ0n) is 14.0. The zero-order chi connectivity index (χ0) is 19.2. The van der Waals surface area contributed by atoms with Gasteiger partial charge in [0.2, 0.25) is 0 Å². The van der Waals surface area contributed by atoms with Gasteiger partial charge in [-0.2, -0.15) is 10.2 Å². The molecule has 0 saturated heterocycles. The fourth-order valence-electron chi connectivity index (χ4n) is 2.31. The number of nitro groups is 1. The lowest BCUT2D eigenvalue weighted by Gasteiger charge is -2.01. The first-order valence-corrected chi connectivity index (χ1v) is 7.90. The molecule has 0 unspecified atom stereocenters. The molecule has 0 atom stereocenters. The van der Waals surface area contributed by atoms with Crippen molar-refractivity contribution in [1.29, 1.82) is 0 Å². The van der Waals surface area contributed by atoms with Crippen LogP contribution in [0.2, 0.25) is 0 Å². The van der Waals surface area contributed by atoms with E-state index in [-0.39, 0.29) is 17.1 Å². The van der Waals surface area contributed by atoms with Crippen LogP contribution in [0, 0.1) is 10.1 Å². The second kappa shape index (κ2) is 7.91. The number of phenols is 1. The second-order valence-electron chi connectivity index (χ2n) is 5.62. The summed E-state index contributed by atoms with van der Waals surface area (Å²) in [4.78, 5) is 22.3. The van der Waals surface area contributed by atoms with Crippen molar-refractivity contribution in [2.45, 2.75) is 6.54 Å². The molecule has 0 saturated carbocycles. The largest absolute Gasteiger partial charge is 0.508 e. The van der Waals surface area contributed by atoms with Gasteiger partial charge in [-0.05, 0) is 29.3 Å². The molecule has 0 bridgehead atoms. The van der Waals surface area contributed by atoms with Gasteiger partial charge in [0.05, 0.1) is 17.7 Å². The third-order valence-electron chi connectivity index (χ3n) is 3.61. The van der Waals surface area contributed by atoms with E-state index in [9.17, 15) is 20.0 Å². The van der Waals surface area contributed by atoms with Crippen molar-refractivity contribution in [1.82, 2.24) is 15.2 Å². The summed E-state index contributed by atoms with van der Waals surface area (Å²) in [5.74, 6) is -0.371. The SMILES string of the molecule is O=C(N/N=C\c1cccc(O)c1)c1ccn(Cc2ccc([N+](=O)[O-])cc2)n1. The van der Waals surface area contributed by atoms with Gasteiger partial charge in [0.25, 0.3) is 11.6 Å². The number of carbonyl (C=O) groups is 1. The molecule has 136 valence electrons. The molecule has 9 nitrogen and oxygen atoms in total. The molecule has 0 fully saturated rings. The molecule has 27 heavy (non-hydrogen) atoms.